The highest BCUT2D eigenvalue weighted by molar-refractivity contribution is 5.21. The minimum absolute atomic E-state index is 0.0940. The molecule has 0 fully saturated rings. The highest BCUT2D eigenvalue weighted by Crippen LogP contribution is 2.05. The lowest BCUT2D eigenvalue weighted by molar-refractivity contribution is -0.139. The smallest absolute Gasteiger partial charge is 0.222 e. The molecule has 17 heavy (non-hydrogen) atoms. The van der Waals surface area contributed by atoms with E-state index in [1.54, 1.807) is 18.5 Å². The fourth-order valence-corrected chi connectivity index (χ4v) is 1.45. The van der Waals surface area contributed by atoms with Gasteiger partial charge in [0.15, 0.2) is 6.29 Å². The first-order valence-corrected chi connectivity index (χ1v) is 6.11. The number of aromatic nitrogens is 2. The van der Waals surface area contributed by atoms with Crippen LogP contribution >= 0.6 is 0 Å². The molecule has 0 amide bonds. The van der Waals surface area contributed by atoms with Gasteiger partial charge < -0.3 is 14.8 Å². The molecule has 0 aliphatic rings. The first-order valence-electron chi connectivity index (χ1n) is 6.11. The van der Waals surface area contributed by atoms with Crippen LogP contribution in [-0.4, -0.2) is 36.0 Å². The molecule has 0 aromatic carbocycles. The van der Waals surface area contributed by atoms with Crippen molar-refractivity contribution < 1.29 is 9.47 Å². The predicted molar refractivity (Wildman–Crippen MR) is 66.8 cm³/mol. The maximum absolute atomic E-state index is 5.45. The predicted octanol–water partition coefficient (Wildman–Crippen LogP) is 2.07. The Morgan fingerprint density at radius 2 is 1.82 bits per heavy atom. The van der Waals surface area contributed by atoms with E-state index < -0.39 is 0 Å². The Hall–Kier alpha value is -1.20. The van der Waals surface area contributed by atoms with E-state index in [4.69, 9.17) is 9.47 Å². The van der Waals surface area contributed by atoms with E-state index in [1.807, 2.05) is 13.8 Å². The molecular formula is C12H21N3O2. The second-order valence-corrected chi connectivity index (χ2v) is 3.48. The van der Waals surface area contributed by atoms with E-state index in [-0.39, 0.29) is 6.29 Å². The first-order chi connectivity index (χ1) is 8.36. The van der Waals surface area contributed by atoms with Crippen LogP contribution in [0.5, 0.6) is 0 Å². The molecule has 0 saturated carbocycles. The Bertz CT molecular complexity index is 276. The summed E-state index contributed by atoms with van der Waals surface area (Å²) < 4.78 is 10.9. The molecule has 0 unspecified atom stereocenters. The number of hydrogen-bond acceptors (Lipinski definition) is 5. The van der Waals surface area contributed by atoms with Crippen molar-refractivity contribution in [3.8, 4) is 0 Å². The van der Waals surface area contributed by atoms with Gasteiger partial charge in [-0.1, -0.05) is 0 Å². The lowest BCUT2D eigenvalue weighted by Gasteiger charge is -2.16. The average molecular weight is 239 g/mol. The molecule has 0 atom stereocenters. The van der Waals surface area contributed by atoms with Gasteiger partial charge in [-0.3, -0.25) is 0 Å². The van der Waals surface area contributed by atoms with Gasteiger partial charge in [0.05, 0.1) is 0 Å². The Labute approximate surface area is 103 Å². The number of ether oxygens (including phenoxy) is 2. The molecule has 0 aliphatic carbocycles. The van der Waals surface area contributed by atoms with Gasteiger partial charge in [-0.05, 0) is 26.3 Å². The molecule has 1 rings (SSSR count). The van der Waals surface area contributed by atoms with E-state index in [1.165, 1.54) is 0 Å². The molecule has 0 radical (unpaired) electrons. The molecule has 0 spiro atoms. The Morgan fingerprint density at radius 3 is 2.41 bits per heavy atom. The summed E-state index contributed by atoms with van der Waals surface area (Å²) in [7, 11) is 0. The van der Waals surface area contributed by atoms with E-state index in [0.717, 1.165) is 19.4 Å². The molecule has 1 aromatic heterocycles. The monoisotopic (exact) mass is 239 g/mol. The molecule has 5 nitrogen and oxygen atoms in total. The van der Waals surface area contributed by atoms with Crippen LogP contribution < -0.4 is 5.32 Å². The molecule has 0 bridgehead atoms. The molecule has 1 N–H and O–H groups in total. The summed E-state index contributed by atoms with van der Waals surface area (Å²) in [6.45, 7) is 6.13. The standard InChI is InChI=1S/C12H21N3O2/c1-3-16-11(17-4-2)7-5-8-13-12-14-9-6-10-15-12/h6,9-11H,3-5,7-8H2,1-2H3,(H,13,14,15). The van der Waals surface area contributed by atoms with Crippen LogP contribution in [0.1, 0.15) is 26.7 Å². The molecule has 1 heterocycles. The summed E-state index contributed by atoms with van der Waals surface area (Å²) in [6.07, 6.45) is 5.19. The van der Waals surface area contributed by atoms with E-state index >= 15 is 0 Å². The van der Waals surface area contributed by atoms with Crippen molar-refractivity contribution >= 4 is 5.95 Å². The zero-order chi connectivity index (χ0) is 12.3. The van der Waals surface area contributed by atoms with Gasteiger partial charge >= 0.3 is 0 Å². The zero-order valence-electron chi connectivity index (χ0n) is 10.6. The molecular weight excluding hydrogens is 218 g/mol. The average Bonchev–Trinajstić information content (AvgIpc) is 2.36. The van der Waals surface area contributed by atoms with Crippen molar-refractivity contribution in [2.24, 2.45) is 0 Å². The summed E-state index contributed by atoms with van der Waals surface area (Å²) in [5.41, 5.74) is 0. The van der Waals surface area contributed by atoms with E-state index in [0.29, 0.717) is 19.2 Å². The van der Waals surface area contributed by atoms with Crippen LogP contribution in [0.4, 0.5) is 5.95 Å². The van der Waals surface area contributed by atoms with Crippen molar-refractivity contribution in [3.05, 3.63) is 18.5 Å². The molecule has 1 aromatic rings. The van der Waals surface area contributed by atoms with Crippen LogP contribution in [0.2, 0.25) is 0 Å². The normalized spacial score (nSPS) is 10.8. The second-order valence-electron chi connectivity index (χ2n) is 3.48. The summed E-state index contributed by atoms with van der Waals surface area (Å²) in [6, 6.07) is 1.80. The highest BCUT2D eigenvalue weighted by Gasteiger charge is 2.06. The molecule has 5 heteroatoms. The lowest BCUT2D eigenvalue weighted by Crippen LogP contribution is -2.18. The van der Waals surface area contributed by atoms with Crippen molar-refractivity contribution in [2.45, 2.75) is 33.0 Å². The Kier molecular flexibility index (Phi) is 7.25. The summed E-state index contributed by atoms with van der Waals surface area (Å²) in [4.78, 5) is 8.17. The lowest BCUT2D eigenvalue weighted by atomic mass is 10.3. The van der Waals surface area contributed by atoms with Crippen LogP contribution in [-0.2, 0) is 9.47 Å². The van der Waals surface area contributed by atoms with Gasteiger partial charge in [0, 0.05) is 38.6 Å². The minimum atomic E-state index is -0.0940. The summed E-state index contributed by atoms with van der Waals surface area (Å²) in [5.74, 6) is 0.664. The van der Waals surface area contributed by atoms with Crippen LogP contribution in [0.15, 0.2) is 18.5 Å². The Morgan fingerprint density at radius 1 is 1.18 bits per heavy atom. The number of hydrogen-bond donors (Lipinski definition) is 1. The fraction of sp³-hybridized carbons (Fsp3) is 0.667. The third kappa shape index (κ3) is 6.19. The summed E-state index contributed by atoms with van der Waals surface area (Å²) >= 11 is 0. The highest BCUT2D eigenvalue weighted by atomic mass is 16.7. The molecule has 0 saturated heterocycles. The van der Waals surface area contributed by atoms with Gasteiger partial charge in [0.1, 0.15) is 0 Å². The van der Waals surface area contributed by atoms with Crippen LogP contribution in [0.25, 0.3) is 0 Å². The number of nitrogens with zero attached hydrogens (tertiary/aromatic N) is 2. The first kappa shape index (κ1) is 13.9. The van der Waals surface area contributed by atoms with Gasteiger partial charge in [-0.15, -0.1) is 0 Å². The van der Waals surface area contributed by atoms with Gasteiger partial charge in [0.2, 0.25) is 5.95 Å². The van der Waals surface area contributed by atoms with Crippen molar-refractivity contribution in [1.29, 1.82) is 0 Å². The van der Waals surface area contributed by atoms with E-state index in [9.17, 15) is 0 Å². The van der Waals surface area contributed by atoms with Gasteiger partial charge in [0.25, 0.3) is 0 Å². The van der Waals surface area contributed by atoms with Crippen LogP contribution in [0.3, 0.4) is 0 Å². The Balaban J connectivity index is 2.13. The van der Waals surface area contributed by atoms with Gasteiger partial charge in [-0.2, -0.15) is 0 Å². The quantitative estimate of drug-likeness (QED) is 0.528. The third-order valence-corrected chi connectivity index (χ3v) is 2.17. The zero-order valence-corrected chi connectivity index (χ0v) is 10.6. The van der Waals surface area contributed by atoms with Crippen LogP contribution in [0, 0.1) is 0 Å². The number of rotatable bonds is 9. The summed E-state index contributed by atoms with van der Waals surface area (Å²) in [5, 5.41) is 3.15. The van der Waals surface area contributed by atoms with Crippen molar-refractivity contribution in [2.75, 3.05) is 25.1 Å². The maximum atomic E-state index is 5.45. The topological polar surface area (TPSA) is 56.3 Å². The number of anilines is 1. The third-order valence-electron chi connectivity index (χ3n) is 2.17. The second kappa shape index (κ2) is 8.90. The largest absolute Gasteiger partial charge is 0.354 e. The fourth-order valence-electron chi connectivity index (χ4n) is 1.45. The van der Waals surface area contributed by atoms with E-state index in [2.05, 4.69) is 15.3 Å². The maximum Gasteiger partial charge on any atom is 0.222 e. The molecule has 96 valence electrons. The minimum Gasteiger partial charge on any atom is -0.354 e. The molecule has 0 aliphatic heterocycles. The van der Waals surface area contributed by atoms with Crippen molar-refractivity contribution in [1.82, 2.24) is 9.97 Å². The van der Waals surface area contributed by atoms with Gasteiger partial charge in [-0.25, -0.2) is 9.97 Å². The number of nitrogens with one attached hydrogen (secondary N) is 1. The van der Waals surface area contributed by atoms with Crippen molar-refractivity contribution in [3.63, 3.8) is 0 Å². The SMILES string of the molecule is CCOC(CCCNc1ncccn1)OCC.